The number of anilines is 1. The van der Waals surface area contributed by atoms with Gasteiger partial charge in [-0.2, -0.15) is 13.2 Å². The van der Waals surface area contributed by atoms with E-state index in [4.69, 9.17) is 4.74 Å². The van der Waals surface area contributed by atoms with Gasteiger partial charge in [0.05, 0.1) is 24.3 Å². The fourth-order valence-corrected chi connectivity index (χ4v) is 3.32. The van der Waals surface area contributed by atoms with Gasteiger partial charge in [0.25, 0.3) is 0 Å². The second-order valence-electron chi connectivity index (χ2n) is 5.49. The van der Waals surface area contributed by atoms with Crippen LogP contribution in [0.2, 0.25) is 0 Å². The van der Waals surface area contributed by atoms with E-state index >= 15 is 0 Å². The lowest BCUT2D eigenvalue weighted by atomic mass is 10.0. The number of carbonyl (C=O) groups is 1. The van der Waals surface area contributed by atoms with Crippen molar-refractivity contribution in [3.8, 4) is 0 Å². The number of fused-ring (bicyclic) bond motifs is 1. The highest BCUT2D eigenvalue weighted by atomic mass is 19.4. The highest BCUT2D eigenvalue weighted by Gasteiger charge is 2.38. The van der Waals surface area contributed by atoms with Gasteiger partial charge < -0.3 is 9.64 Å². The Kier molecular flexibility index (Phi) is 3.65. The van der Waals surface area contributed by atoms with Gasteiger partial charge in [-0.25, -0.2) is 0 Å². The van der Waals surface area contributed by atoms with E-state index in [2.05, 4.69) is 0 Å². The summed E-state index contributed by atoms with van der Waals surface area (Å²) in [6.07, 6.45) is -1.23. The third kappa shape index (κ3) is 2.64. The van der Waals surface area contributed by atoms with E-state index in [1.165, 1.54) is 6.07 Å². The van der Waals surface area contributed by atoms with Crippen LogP contribution >= 0.6 is 0 Å². The Hall–Kier alpha value is -1.56. The molecule has 6 heteroatoms. The summed E-state index contributed by atoms with van der Waals surface area (Å²) in [5.41, 5.74) is -0.661. The second-order valence-corrected chi connectivity index (χ2v) is 5.49. The van der Waals surface area contributed by atoms with Crippen LogP contribution < -0.4 is 4.90 Å². The van der Waals surface area contributed by atoms with Crippen LogP contribution in [0.15, 0.2) is 18.2 Å². The fraction of sp³-hybridized carbons (Fsp3) is 0.533. The summed E-state index contributed by atoms with van der Waals surface area (Å²) in [6, 6.07) is 4.08. The first-order valence-corrected chi connectivity index (χ1v) is 7.05. The average Bonchev–Trinajstić information content (AvgIpc) is 2.94. The molecule has 1 saturated heterocycles. The maximum atomic E-state index is 13.0. The van der Waals surface area contributed by atoms with Crippen LogP contribution in [0.1, 0.15) is 35.2 Å². The van der Waals surface area contributed by atoms with Gasteiger partial charge in [-0.1, -0.05) is 0 Å². The summed E-state index contributed by atoms with van der Waals surface area (Å²) in [4.78, 5) is 12.8. The van der Waals surface area contributed by atoms with Gasteiger partial charge in [-0.3, -0.25) is 4.79 Å². The molecule has 0 aromatic heterocycles. The van der Waals surface area contributed by atoms with E-state index < -0.39 is 11.7 Å². The summed E-state index contributed by atoms with van der Waals surface area (Å²) in [6.45, 7) is 1.11. The zero-order chi connectivity index (χ0) is 15.0. The molecule has 3 nitrogen and oxygen atoms in total. The lowest BCUT2D eigenvalue weighted by molar-refractivity contribution is -0.137. The van der Waals surface area contributed by atoms with E-state index in [1.807, 2.05) is 4.90 Å². The number of halogens is 3. The quantitative estimate of drug-likeness (QED) is 0.785. The summed E-state index contributed by atoms with van der Waals surface area (Å²) in [5.74, 6) is 0. The van der Waals surface area contributed by atoms with Crippen molar-refractivity contribution in [1.82, 2.24) is 0 Å². The SMILES string of the molecule is O=Cc1ccc(N2CCOC3CCCC32)cc1C(F)(F)F. The number of hydrogen-bond donors (Lipinski definition) is 0. The highest BCUT2D eigenvalue weighted by molar-refractivity contribution is 5.79. The van der Waals surface area contributed by atoms with Crippen molar-refractivity contribution >= 4 is 12.0 Å². The number of rotatable bonds is 2. The van der Waals surface area contributed by atoms with Crippen molar-refractivity contribution in [2.45, 2.75) is 37.6 Å². The Morgan fingerprint density at radius 3 is 2.81 bits per heavy atom. The lowest BCUT2D eigenvalue weighted by Crippen LogP contribution is -2.48. The minimum absolute atomic E-state index is 0.110. The van der Waals surface area contributed by atoms with Crippen LogP contribution in [0, 0.1) is 0 Å². The Balaban J connectivity index is 1.97. The van der Waals surface area contributed by atoms with E-state index in [9.17, 15) is 18.0 Å². The Morgan fingerprint density at radius 2 is 2.10 bits per heavy atom. The summed E-state index contributed by atoms with van der Waals surface area (Å²) in [5, 5.41) is 0. The molecule has 2 aliphatic rings. The van der Waals surface area contributed by atoms with Crippen LogP contribution in [0.25, 0.3) is 0 Å². The van der Waals surface area contributed by atoms with Crippen molar-refractivity contribution < 1.29 is 22.7 Å². The Labute approximate surface area is 120 Å². The number of benzene rings is 1. The van der Waals surface area contributed by atoms with Gasteiger partial charge in [0.15, 0.2) is 6.29 Å². The molecule has 0 radical (unpaired) electrons. The number of morpholine rings is 1. The third-order valence-electron chi connectivity index (χ3n) is 4.28. The second kappa shape index (κ2) is 5.33. The standard InChI is InChI=1S/C15H16F3NO2/c16-15(17,18)12-8-11(5-4-10(12)9-20)19-6-7-21-14-3-1-2-13(14)19/h4-5,8-9,13-14H,1-3,6-7H2. The van der Waals surface area contributed by atoms with E-state index in [-0.39, 0.29) is 24.0 Å². The van der Waals surface area contributed by atoms with Crippen LogP contribution in [0.3, 0.4) is 0 Å². The van der Waals surface area contributed by atoms with Crippen molar-refractivity contribution in [3.05, 3.63) is 29.3 Å². The predicted octanol–water partition coefficient (Wildman–Crippen LogP) is 3.28. The number of aldehydes is 1. The molecular formula is C15H16F3NO2. The molecule has 0 N–H and O–H groups in total. The molecule has 2 unspecified atom stereocenters. The average molecular weight is 299 g/mol. The summed E-state index contributed by atoms with van der Waals surface area (Å²) in [7, 11) is 0. The minimum Gasteiger partial charge on any atom is -0.374 e. The molecule has 1 saturated carbocycles. The highest BCUT2D eigenvalue weighted by Crippen LogP contribution is 2.37. The molecule has 3 rings (SSSR count). The number of ether oxygens (including phenoxy) is 1. The topological polar surface area (TPSA) is 29.5 Å². The lowest BCUT2D eigenvalue weighted by Gasteiger charge is -2.39. The molecule has 0 spiro atoms. The number of nitrogens with zero attached hydrogens (tertiary/aromatic N) is 1. The molecule has 0 amide bonds. The van der Waals surface area contributed by atoms with Gasteiger partial charge >= 0.3 is 6.18 Å². The molecule has 0 bridgehead atoms. The minimum atomic E-state index is -4.52. The van der Waals surface area contributed by atoms with Crippen molar-refractivity contribution in [2.75, 3.05) is 18.1 Å². The smallest absolute Gasteiger partial charge is 0.374 e. The van der Waals surface area contributed by atoms with E-state index in [0.717, 1.165) is 25.3 Å². The van der Waals surface area contributed by atoms with Gasteiger partial charge in [0.1, 0.15) is 0 Å². The maximum Gasteiger partial charge on any atom is 0.417 e. The van der Waals surface area contributed by atoms with Gasteiger partial charge in [-0.15, -0.1) is 0 Å². The van der Waals surface area contributed by atoms with Crippen molar-refractivity contribution in [2.24, 2.45) is 0 Å². The van der Waals surface area contributed by atoms with Crippen molar-refractivity contribution in [3.63, 3.8) is 0 Å². The first kappa shape index (κ1) is 14.4. The fourth-order valence-electron chi connectivity index (χ4n) is 3.32. The van der Waals surface area contributed by atoms with Crippen LogP contribution in [0.4, 0.5) is 18.9 Å². The molecular weight excluding hydrogens is 283 g/mol. The zero-order valence-corrected chi connectivity index (χ0v) is 11.4. The Morgan fingerprint density at radius 1 is 1.29 bits per heavy atom. The van der Waals surface area contributed by atoms with Gasteiger partial charge in [-0.05, 0) is 37.5 Å². The maximum absolute atomic E-state index is 13.0. The molecule has 1 heterocycles. The van der Waals surface area contributed by atoms with Crippen LogP contribution in [-0.4, -0.2) is 31.6 Å². The predicted molar refractivity (Wildman–Crippen MR) is 71.6 cm³/mol. The molecule has 1 aliphatic carbocycles. The molecule has 2 atom stereocenters. The van der Waals surface area contributed by atoms with Crippen LogP contribution in [-0.2, 0) is 10.9 Å². The van der Waals surface area contributed by atoms with E-state index in [0.29, 0.717) is 18.8 Å². The first-order valence-electron chi connectivity index (χ1n) is 7.05. The molecule has 1 aromatic rings. The summed E-state index contributed by atoms with van der Waals surface area (Å²) < 4.78 is 44.8. The van der Waals surface area contributed by atoms with Gasteiger partial charge in [0.2, 0.25) is 0 Å². The molecule has 21 heavy (non-hydrogen) atoms. The monoisotopic (exact) mass is 299 g/mol. The van der Waals surface area contributed by atoms with Gasteiger partial charge in [0, 0.05) is 17.8 Å². The number of hydrogen-bond acceptors (Lipinski definition) is 3. The molecule has 114 valence electrons. The largest absolute Gasteiger partial charge is 0.417 e. The normalized spacial score (nSPS) is 25.8. The first-order chi connectivity index (χ1) is 10.0. The van der Waals surface area contributed by atoms with Crippen LogP contribution in [0.5, 0.6) is 0 Å². The Bertz CT molecular complexity index is 544. The number of alkyl halides is 3. The zero-order valence-electron chi connectivity index (χ0n) is 11.4. The summed E-state index contributed by atoms with van der Waals surface area (Å²) >= 11 is 0. The molecule has 1 aromatic carbocycles. The molecule has 1 aliphatic heterocycles. The molecule has 2 fully saturated rings. The van der Waals surface area contributed by atoms with E-state index in [1.54, 1.807) is 6.07 Å². The van der Waals surface area contributed by atoms with Crippen molar-refractivity contribution in [1.29, 1.82) is 0 Å². The number of carbonyl (C=O) groups excluding carboxylic acids is 1. The third-order valence-corrected chi connectivity index (χ3v) is 4.28.